The number of benzene rings is 2. The number of ether oxygens (including phenoxy) is 2. The molecule has 0 saturated carbocycles. The number of phenolic OH excluding ortho intramolecular Hbond substituents is 1. The van der Waals surface area contributed by atoms with Gasteiger partial charge in [-0.25, -0.2) is 22.4 Å². The Labute approximate surface area is 195 Å². The van der Waals surface area contributed by atoms with Gasteiger partial charge >= 0.3 is 11.9 Å². The second kappa shape index (κ2) is 11.6. The number of piperazine rings is 1. The van der Waals surface area contributed by atoms with E-state index in [2.05, 4.69) is 4.90 Å². The number of hydrogen-bond donors (Lipinski definition) is 3. The van der Waals surface area contributed by atoms with E-state index in [1.165, 1.54) is 30.7 Å². The van der Waals surface area contributed by atoms with E-state index in [1.54, 1.807) is 12.1 Å². The summed E-state index contributed by atoms with van der Waals surface area (Å²) in [5.74, 6) is -3.52. The van der Waals surface area contributed by atoms with Crippen LogP contribution in [0.1, 0.15) is 5.56 Å². The monoisotopic (exact) mass is 500 g/mol. The van der Waals surface area contributed by atoms with Crippen LogP contribution in [0.25, 0.3) is 0 Å². The van der Waals surface area contributed by atoms with Gasteiger partial charge in [0.25, 0.3) is 0 Å². The van der Waals surface area contributed by atoms with Gasteiger partial charge in [-0.05, 0) is 42.0 Å². The number of nitrogens with zero attached hydrogens (tertiary/aromatic N) is 2. The Kier molecular flexibility index (Phi) is 9.18. The van der Waals surface area contributed by atoms with Crippen molar-refractivity contribution >= 4 is 22.0 Å². The van der Waals surface area contributed by atoms with E-state index < -0.39 is 27.8 Å². The highest BCUT2D eigenvalue weighted by atomic mass is 32.2. The van der Waals surface area contributed by atoms with Gasteiger partial charge in [0.05, 0.1) is 19.1 Å². The molecule has 13 heteroatoms. The van der Waals surface area contributed by atoms with Crippen molar-refractivity contribution in [3.8, 4) is 17.2 Å². The van der Waals surface area contributed by atoms with Crippen LogP contribution in [-0.4, -0.2) is 85.3 Å². The average molecular weight is 501 g/mol. The van der Waals surface area contributed by atoms with E-state index >= 15 is 0 Å². The average Bonchev–Trinajstić information content (AvgIpc) is 2.81. The van der Waals surface area contributed by atoms with E-state index in [9.17, 15) is 17.9 Å². The lowest BCUT2D eigenvalue weighted by molar-refractivity contribution is -0.159. The van der Waals surface area contributed by atoms with E-state index in [1.807, 2.05) is 0 Å². The molecular formula is C21H25FN2O9S. The van der Waals surface area contributed by atoms with E-state index in [4.69, 9.17) is 29.3 Å². The molecular weight excluding hydrogens is 475 g/mol. The first-order valence-electron chi connectivity index (χ1n) is 9.87. The van der Waals surface area contributed by atoms with Crippen LogP contribution in [0, 0.1) is 5.82 Å². The van der Waals surface area contributed by atoms with Crippen LogP contribution >= 0.6 is 0 Å². The molecule has 1 fully saturated rings. The number of sulfonamides is 1. The predicted molar refractivity (Wildman–Crippen MR) is 117 cm³/mol. The number of aromatic hydroxyl groups is 1. The van der Waals surface area contributed by atoms with Crippen LogP contribution < -0.4 is 9.47 Å². The highest BCUT2D eigenvalue weighted by Gasteiger charge is 2.28. The smallest absolute Gasteiger partial charge is 0.414 e. The number of methoxy groups -OCH3 is 2. The third kappa shape index (κ3) is 6.79. The molecule has 186 valence electrons. The van der Waals surface area contributed by atoms with Gasteiger partial charge in [-0.2, -0.15) is 4.31 Å². The van der Waals surface area contributed by atoms with Crippen LogP contribution in [0.3, 0.4) is 0 Å². The molecule has 0 spiro atoms. The summed E-state index contributed by atoms with van der Waals surface area (Å²) in [5, 5.41) is 24.8. The zero-order chi connectivity index (χ0) is 25.5. The number of aliphatic carboxylic acids is 2. The molecule has 2 aromatic carbocycles. The van der Waals surface area contributed by atoms with Crippen molar-refractivity contribution in [2.24, 2.45) is 0 Å². The summed E-state index contributed by atoms with van der Waals surface area (Å²) < 4.78 is 50.2. The fourth-order valence-electron chi connectivity index (χ4n) is 3.18. The Morgan fingerprint density at radius 2 is 1.41 bits per heavy atom. The largest absolute Gasteiger partial charge is 0.502 e. The molecule has 2 aromatic rings. The van der Waals surface area contributed by atoms with Crippen molar-refractivity contribution < 1.29 is 47.2 Å². The summed E-state index contributed by atoms with van der Waals surface area (Å²) in [4.78, 5) is 20.4. The van der Waals surface area contributed by atoms with E-state index in [-0.39, 0.29) is 10.6 Å². The third-order valence-electron chi connectivity index (χ3n) is 4.91. The Hall–Kier alpha value is -3.42. The standard InChI is InChI=1S/C19H23FN2O5S.C2H2O4/c1-26-17-11-14(12-18(27-2)19(17)23)13-21-7-9-22(10-8-21)28(24,25)16-5-3-15(20)4-6-16;3-1(4)2(5)6/h3-6,11-12,23H,7-10,13H2,1-2H3;(H,3,4)(H,5,6). The van der Waals surface area contributed by atoms with Gasteiger partial charge in [-0.15, -0.1) is 0 Å². The van der Waals surface area contributed by atoms with Gasteiger partial charge in [-0.1, -0.05) is 0 Å². The first kappa shape index (κ1) is 26.8. The minimum Gasteiger partial charge on any atom is -0.502 e. The number of hydrogen-bond acceptors (Lipinski definition) is 8. The quantitative estimate of drug-likeness (QED) is 0.493. The van der Waals surface area contributed by atoms with Crippen LogP contribution in [0.15, 0.2) is 41.3 Å². The summed E-state index contributed by atoms with van der Waals surface area (Å²) in [6.07, 6.45) is 0. The maximum Gasteiger partial charge on any atom is 0.414 e. The first-order chi connectivity index (χ1) is 16.0. The summed E-state index contributed by atoms with van der Waals surface area (Å²) in [5.41, 5.74) is 0.890. The molecule has 34 heavy (non-hydrogen) atoms. The lowest BCUT2D eigenvalue weighted by Gasteiger charge is -2.34. The van der Waals surface area contributed by atoms with Crippen molar-refractivity contribution in [1.29, 1.82) is 0 Å². The molecule has 1 heterocycles. The molecule has 0 unspecified atom stereocenters. The van der Waals surface area contributed by atoms with Crippen LogP contribution in [0.2, 0.25) is 0 Å². The zero-order valence-corrected chi connectivity index (χ0v) is 19.3. The predicted octanol–water partition coefficient (Wildman–Crippen LogP) is 1.21. The number of carboxylic acids is 2. The fourth-order valence-corrected chi connectivity index (χ4v) is 4.60. The Morgan fingerprint density at radius 1 is 0.941 bits per heavy atom. The minimum absolute atomic E-state index is 0.0519. The van der Waals surface area contributed by atoms with Crippen molar-refractivity contribution in [3.05, 3.63) is 47.8 Å². The van der Waals surface area contributed by atoms with Gasteiger partial charge in [0.2, 0.25) is 15.8 Å². The molecule has 1 aliphatic rings. The zero-order valence-electron chi connectivity index (χ0n) is 18.5. The molecule has 1 aliphatic heterocycles. The highest BCUT2D eigenvalue weighted by molar-refractivity contribution is 7.89. The summed E-state index contributed by atoms with van der Waals surface area (Å²) in [6, 6.07) is 8.33. The molecule has 0 aromatic heterocycles. The van der Waals surface area contributed by atoms with Crippen LogP contribution in [-0.2, 0) is 26.2 Å². The molecule has 3 N–H and O–H groups in total. The van der Waals surface area contributed by atoms with Crippen molar-refractivity contribution in [3.63, 3.8) is 0 Å². The maximum atomic E-state index is 13.1. The normalized spacial score (nSPS) is 14.6. The number of halogens is 1. The van der Waals surface area contributed by atoms with Gasteiger partial charge in [0.15, 0.2) is 11.5 Å². The van der Waals surface area contributed by atoms with Gasteiger partial charge in [0, 0.05) is 32.7 Å². The second-order valence-electron chi connectivity index (χ2n) is 7.09. The summed E-state index contributed by atoms with van der Waals surface area (Å²) in [7, 11) is -0.696. The van der Waals surface area contributed by atoms with Gasteiger partial charge in [0.1, 0.15) is 5.82 Å². The Bertz CT molecular complexity index is 1080. The number of carboxylic acid groups (broad SMARTS) is 2. The molecule has 3 rings (SSSR count). The van der Waals surface area contributed by atoms with E-state index in [0.29, 0.717) is 44.2 Å². The Morgan fingerprint density at radius 3 is 1.82 bits per heavy atom. The fraction of sp³-hybridized carbons (Fsp3) is 0.333. The molecule has 0 aliphatic carbocycles. The summed E-state index contributed by atoms with van der Waals surface area (Å²) in [6.45, 7) is 2.34. The number of carbonyl (C=O) groups is 2. The van der Waals surface area contributed by atoms with Gasteiger partial charge < -0.3 is 24.8 Å². The molecule has 0 bridgehead atoms. The molecule has 0 amide bonds. The number of phenols is 1. The third-order valence-corrected chi connectivity index (χ3v) is 6.82. The lowest BCUT2D eigenvalue weighted by Crippen LogP contribution is -2.48. The Balaban J connectivity index is 0.000000604. The second-order valence-corrected chi connectivity index (χ2v) is 9.03. The van der Waals surface area contributed by atoms with Gasteiger partial charge in [-0.3, -0.25) is 4.90 Å². The maximum absolute atomic E-state index is 13.1. The lowest BCUT2D eigenvalue weighted by atomic mass is 10.1. The summed E-state index contributed by atoms with van der Waals surface area (Å²) >= 11 is 0. The van der Waals surface area contributed by atoms with Crippen LogP contribution in [0.4, 0.5) is 4.39 Å². The van der Waals surface area contributed by atoms with Crippen molar-refractivity contribution in [2.45, 2.75) is 11.4 Å². The molecule has 1 saturated heterocycles. The SMILES string of the molecule is COc1cc(CN2CCN(S(=O)(=O)c3ccc(F)cc3)CC2)cc(OC)c1O.O=C(O)C(=O)O. The van der Waals surface area contributed by atoms with Crippen LogP contribution in [0.5, 0.6) is 17.2 Å². The number of rotatable bonds is 6. The van der Waals surface area contributed by atoms with Crippen molar-refractivity contribution in [1.82, 2.24) is 9.21 Å². The molecule has 0 radical (unpaired) electrons. The molecule has 0 atom stereocenters. The minimum atomic E-state index is -3.64. The van der Waals surface area contributed by atoms with Crippen molar-refractivity contribution in [2.75, 3.05) is 40.4 Å². The highest BCUT2D eigenvalue weighted by Crippen LogP contribution is 2.37. The topological polar surface area (TPSA) is 154 Å². The first-order valence-corrected chi connectivity index (χ1v) is 11.3. The van der Waals surface area contributed by atoms with E-state index in [0.717, 1.165) is 17.7 Å². The molecule has 11 nitrogen and oxygen atoms in total.